The van der Waals surface area contributed by atoms with Gasteiger partial charge in [0.25, 0.3) is 0 Å². The molecule has 0 aliphatic rings. The van der Waals surface area contributed by atoms with E-state index >= 15 is 0 Å². The Morgan fingerprint density at radius 2 is 0.473 bits per heavy atom. The number of hydrogen-bond acceptors (Lipinski definition) is 2. The van der Waals surface area contributed by atoms with Gasteiger partial charge in [-0.3, -0.25) is 0 Å². The van der Waals surface area contributed by atoms with Crippen LogP contribution in [-0.2, 0) is 0 Å². The van der Waals surface area contributed by atoms with Crippen molar-refractivity contribution in [3.8, 4) is 55.6 Å². The molecule has 0 spiro atoms. The van der Waals surface area contributed by atoms with Crippen LogP contribution >= 0.6 is 22.7 Å². The molecule has 0 aliphatic heterocycles. The molecule has 2 heterocycles. The lowest BCUT2D eigenvalue weighted by molar-refractivity contribution is 1.63. The summed E-state index contributed by atoms with van der Waals surface area (Å²) in [5.74, 6) is 0. The van der Waals surface area contributed by atoms with E-state index in [0.29, 0.717) is 0 Å². The first-order valence-corrected chi connectivity index (χ1v) is 27.1. The van der Waals surface area contributed by atoms with Gasteiger partial charge in [0.05, 0.1) is 0 Å². The summed E-state index contributed by atoms with van der Waals surface area (Å²) in [6, 6.07) is 95.4. The fourth-order valence-electron chi connectivity index (χ4n) is 12.4. The number of hydrogen-bond donors (Lipinski definition) is 0. The Bertz CT molecular complexity index is 4980. The largest absolute Gasteiger partial charge is 0.135 e. The van der Waals surface area contributed by atoms with Gasteiger partial charge in [0.2, 0.25) is 0 Å². The Labute approximate surface area is 435 Å². The molecular formula is C72H42S2. The van der Waals surface area contributed by atoms with Crippen LogP contribution in [0.1, 0.15) is 0 Å². The van der Waals surface area contributed by atoms with Gasteiger partial charge in [-0.1, -0.05) is 218 Å². The van der Waals surface area contributed by atoms with Crippen molar-refractivity contribution in [3.63, 3.8) is 0 Å². The van der Waals surface area contributed by atoms with Crippen molar-refractivity contribution in [2.45, 2.75) is 0 Å². The van der Waals surface area contributed by atoms with Crippen LogP contribution in [0.4, 0.5) is 0 Å². The Balaban J connectivity index is 0.795. The van der Waals surface area contributed by atoms with E-state index in [4.69, 9.17) is 0 Å². The minimum atomic E-state index is 1.22. The molecule has 0 nitrogen and oxygen atoms in total. The summed E-state index contributed by atoms with van der Waals surface area (Å²) in [4.78, 5) is 0. The lowest BCUT2D eigenvalue weighted by Gasteiger charge is -2.14. The third kappa shape index (κ3) is 6.32. The number of thiophene rings is 2. The maximum Gasteiger partial charge on any atom is 0.0434 e. The summed E-state index contributed by atoms with van der Waals surface area (Å²) in [7, 11) is 0. The van der Waals surface area contributed by atoms with Crippen LogP contribution in [0.3, 0.4) is 0 Å². The monoisotopic (exact) mass is 970 g/mol. The molecule has 74 heavy (non-hydrogen) atoms. The highest BCUT2D eigenvalue weighted by molar-refractivity contribution is 7.27. The predicted octanol–water partition coefficient (Wildman–Crippen LogP) is 21.7. The van der Waals surface area contributed by atoms with Gasteiger partial charge in [0.1, 0.15) is 0 Å². The van der Waals surface area contributed by atoms with E-state index in [0.717, 1.165) is 0 Å². The lowest BCUT2D eigenvalue weighted by atomic mass is 9.90. The average Bonchev–Trinajstić information content (AvgIpc) is 4.07. The number of benzene rings is 14. The molecule has 16 aromatic rings. The summed E-state index contributed by atoms with van der Waals surface area (Å²) in [6.45, 7) is 0. The van der Waals surface area contributed by atoms with Crippen molar-refractivity contribution in [1.29, 1.82) is 0 Å². The zero-order valence-electron chi connectivity index (χ0n) is 40.1. The van der Waals surface area contributed by atoms with Crippen molar-refractivity contribution in [1.82, 2.24) is 0 Å². The summed E-state index contributed by atoms with van der Waals surface area (Å²) in [5, 5.41) is 20.7. The van der Waals surface area contributed by atoms with Crippen molar-refractivity contribution in [2.75, 3.05) is 0 Å². The van der Waals surface area contributed by atoms with E-state index in [1.165, 1.54) is 161 Å². The molecule has 0 N–H and O–H groups in total. The average molecular weight is 971 g/mol. The molecular weight excluding hydrogens is 929 g/mol. The first-order valence-electron chi connectivity index (χ1n) is 25.5. The second-order valence-electron chi connectivity index (χ2n) is 19.8. The second-order valence-corrected chi connectivity index (χ2v) is 21.9. The zero-order valence-corrected chi connectivity index (χ0v) is 41.7. The second kappa shape index (κ2) is 16.3. The molecule has 2 heteroatoms. The van der Waals surface area contributed by atoms with E-state index in [9.17, 15) is 0 Å². The van der Waals surface area contributed by atoms with Gasteiger partial charge in [-0.05, 0) is 157 Å². The summed E-state index contributed by atoms with van der Waals surface area (Å²) < 4.78 is 5.30. The SMILES string of the molecule is c1ccc(-c2cccc3c2sc2c(-c4cccc(-c5ccc6c7ccccc7c7cc(-c8ccc9sc%10c(-c%11ccc%12c%13ccccc%13c%13ccccc%13c%12c%11)cccc%10c9c8)ccc7c6c5)c4)cccc23)cc1. The predicted molar refractivity (Wildman–Crippen MR) is 324 cm³/mol. The Kier molecular flexibility index (Phi) is 9.18. The molecule has 0 saturated heterocycles. The topological polar surface area (TPSA) is 0 Å². The molecule has 0 atom stereocenters. The van der Waals surface area contributed by atoms with Crippen molar-refractivity contribution >= 4 is 128 Å². The molecule has 16 rings (SSSR count). The standard InChI is InChI=1S/C72H42S2/c1-2-14-43(15-3-1)50-24-11-27-62-63-28-12-25-51(72(63)74-71(50)62)48-17-10-16-44(38-48)45-30-34-59-56-21-7-9-23-58(56)65-40-46(31-35-61(65)66(59)39-45)47-33-37-69-68(41-47)64-29-13-26-52(70(64)73-69)49-32-36-60-55-20-5-4-18-53(55)54-19-6-8-22-57(54)67(60)42-49/h1-42H. The molecule has 0 bridgehead atoms. The molecule has 0 amide bonds. The van der Waals surface area contributed by atoms with Crippen LogP contribution in [0, 0.1) is 0 Å². The zero-order chi connectivity index (χ0) is 48.4. The first kappa shape index (κ1) is 41.7. The van der Waals surface area contributed by atoms with Crippen LogP contribution in [0.2, 0.25) is 0 Å². The summed E-state index contributed by atoms with van der Waals surface area (Å²) in [6.07, 6.45) is 0. The third-order valence-corrected chi connectivity index (χ3v) is 18.3. The smallest absolute Gasteiger partial charge is 0.0434 e. The van der Waals surface area contributed by atoms with Crippen LogP contribution in [0.25, 0.3) is 161 Å². The van der Waals surface area contributed by atoms with Crippen molar-refractivity contribution in [3.05, 3.63) is 255 Å². The molecule has 342 valence electrons. The van der Waals surface area contributed by atoms with Crippen molar-refractivity contribution in [2.24, 2.45) is 0 Å². The van der Waals surface area contributed by atoms with Gasteiger partial charge in [-0.2, -0.15) is 0 Å². The molecule has 14 aromatic carbocycles. The fraction of sp³-hybridized carbons (Fsp3) is 0. The van der Waals surface area contributed by atoms with E-state index in [2.05, 4.69) is 255 Å². The van der Waals surface area contributed by atoms with E-state index in [1.807, 2.05) is 22.7 Å². The summed E-state index contributed by atoms with van der Waals surface area (Å²) >= 11 is 3.82. The highest BCUT2D eigenvalue weighted by atomic mass is 32.1. The van der Waals surface area contributed by atoms with Crippen LogP contribution in [0.15, 0.2) is 255 Å². The maximum absolute atomic E-state index is 2.43. The Morgan fingerprint density at radius 1 is 0.162 bits per heavy atom. The van der Waals surface area contributed by atoms with E-state index in [-0.39, 0.29) is 0 Å². The van der Waals surface area contributed by atoms with Crippen LogP contribution in [0.5, 0.6) is 0 Å². The minimum Gasteiger partial charge on any atom is -0.135 e. The highest BCUT2D eigenvalue weighted by Gasteiger charge is 2.18. The Hall–Kier alpha value is -8.92. The normalized spacial score (nSPS) is 12.1. The fourth-order valence-corrected chi connectivity index (χ4v) is 14.9. The maximum atomic E-state index is 2.43. The highest BCUT2D eigenvalue weighted by Crippen LogP contribution is 2.47. The minimum absolute atomic E-state index is 1.22. The number of fused-ring (bicyclic) bond motifs is 18. The lowest BCUT2D eigenvalue weighted by Crippen LogP contribution is -1.87. The molecule has 0 fully saturated rings. The van der Waals surface area contributed by atoms with Gasteiger partial charge in [0, 0.05) is 40.3 Å². The van der Waals surface area contributed by atoms with Gasteiger partial charge >= 0.3 is 0 Å². The van der Waals surface area contributed by atoms with Gasteiger partial charge < -0.3 is 0 Å². The quantitative estimate of drug-likeness (QED) is 0.151. The molecule has 0 unspecified atom stereocenters. The molecule has 0 saturated carbocycles. The van der Waals surface area contributed by atoms with Gasteiger partial charge in [0.15, 0.2) is 0 Å². The number of rotatable bonds is 5. The van der Waals surface area contributed by atoms with Crippen molar-refractivity contribution < 1.29 is 0 Å². The molecule has 0 aliphatic carbocycles. The van der Waals surface area contributed by atoms with Crippen LogP contribution in [-0.4, -0.2) is 0 Å². The van der Waals surface area contributed by atoms with E-state index < -0.39 is 0 Å². The van der Waals surface area contributed by atoms with Gasteiger partial charge in [-0.25, -0.2) is 0 Å². The van der Waals surface area contributed by atoms with Crippen LogP contribution < -0.4 is 0 Å². The third-order valence-electron chi connectivity index (χ3n) is 15.8. The molecule has 0 radical (unpaired) electrons. The van der Waals surface area contributed by atoms with Gasteiger partial charge in [-0.15, -0.1) is 22.7 Å². The first-order chi connectivity index (χ1) is 36.7. The Morgan fingerprint density at radius 3 is 1.01 bits per heavy atom. The summed E-state index contributed by atoms with van der Waals surface area (Å²) in [5.41, 5.74) is 12.5. The molecule has 2 aromatic heterocycles. The van der Waals surface area contributed by atoms with E-state index in [1.54, 1.807) is 0 Å².